The van der Waals surface area contributed by atoms with Crippen LogP contribution in [-0.2, 0) is 0 Å². The number of aromatic hydroxyl groups is 1. The zero-order chi connectivity index (χ0) is 22.6. The molecule has 5 rings (SSSR count). The Bertz CT molecular complexity index is 1060. The van der Waals surface area contributed by atoms with Crippen molar-refractivity contribution < 1.29 is 9.90 Å². The third kappa shape index (κ3) is 4.81. The van der Waals surface area contributed by atoms with Gasteiger partial charge in [-0.25, -0.2) is 0 Å². The molecule has 4 nitrogen and oxygen atoms in total. The number of para-hydroxylation sites is 1. The normalized spacial score (nSPS) is 21.9. The molecular formula is C29H32N2O2. The summed E-state index contributed by atoms with van der Waals surface area (Å²) >= 11 is 0. The van der Waals surface area contributed by atoms with Crippen molar-refractivity contribution in [3.05, 3.63) is 102 Å². The molecule has 2 aliphatic rings. The van der Waals surface area contributed by atoms with E-state index in [0.717, 1.165) is 26.2 Å². The molecule has 0 aromatic heterocycles. The molecule has 33 heavy (non-hydrogen) atoms. The molecule has 0 radical (unpaired) electrons. The van der Waals surface area contributed by atoms with E-state index in [4.69, 9.17) is 0 Å². The lowest BCUT2D eigenvalue weighted by molar-refractivity contribution is 0.0778. The van der Waals surface area contributed by atoms with Crippen LogP contribution in [0.15, 0.2) is 84.9 Å². The molecular weight excluding hydrogens is 408 g/mol. The highest BCUT2D eigenvalue weighted by molar-refractivity contribution is 5.97. The highest BCUT2D eigenvalue weighted by atomic mass is 16.3. The number of likely N-dealkylation sites (tertiary alicyclic amines) is 2. The van der Waals surface area contributed by atoms with Gasteiger partial charge < -0.3 is 14.9 Å². The van der Waals surface area contributed by atoms with Gasteiger partial charge in [0, 0.05) is 25.6 Å². The Kier molecular flexibility index (Phi) is 6.45. The number of hydrogen-bond donors (Lipinski definition) is 1. The number of phenols is 1. The van der Waals surface area contributed by atoms with Crippen molar-refractivity contribution in [3.8, 4) is 5.75 Å². The minimum Gasteiger partial charge on any atom is -0.507 e. The molecule has 1 N–H and O–H groups in total. The molecule has 2 aliphatic heterocycles. The molecule has 0 aliphatic carbocycles. The zero-order valence-corrected chi connectivity index (χ0v) is 19.0. The van der Waals surface area contributed by atoms with Gasteiger partial charge in [-0.15, -0.1) is 0 Å². The third-order valence-corrected chi connectivity index (χ3v) is 7.44. The third-order valence-electron chi connectivity index (χ3n) is 7.44. The Morgan fingerprint density at radius 2 is 1.39 bits per heavy atom. The molecule has 4 heteroatoms. The minimum absolute atomic E-state index is 0.0604. The Morgan fingerprint density at radius 1 is 0.788 bits per heavy atom. The molecule has 0 bridgehead atoms. The topological polar surface area (TPSA) is 43.8 Å². The zero-order valence-electron chi connectivity index (χ0n) is 19.0. The Morgan fingerprint density at radius 3 is 2.06 bits per heavy atom. The molecule has 2 fully saturated rings. The van der Waals surface area contributed by atoms with Gasteiger partial charge in [0.25, 0.3) is 5.91 Å². The van der Waals surface area contributed by atoms with Crippen LogP contribution in [0.2, 0.25) is 0 Å². The van der Waals surface area contributed by atoms with E-state index in [0.29, 0.717) is 29.9 Å². The van der Waals surface area contributed by atoms with E-state index in [9.17, 15) is 9.90 Å². The highest BCUT2D eigenvalue weighted by Gasteiger charge is 2.38. The predicted molar refractivity (Wildman–Crippen MR) is 132 cm³/mol. The first kappa shape index (κ1) is 21.7. The molecule has 2 atom stereocenters. The standard InChI is InChI=1S/C29H32N2O2/c32-28-14-8-7-13-26(28)29(33)31-20-25(27(21-31)24-11-5-2-6-12-24)19-30-17-15-23(16-18-30)22-9-3-1-4-10-22/h1-14,23,25,27,32H,15-21H2. The lowest BCUT2D eigenvalue weighted by Crippen LogP contribution is -2.38. The van der Waals surface area contributed by atoms with E-state index < -0.39 is 0 Å². The summed E-state index contributed by atoms with van der Waals surface area (Å²) in [5, 5.41) is 10.2. The first-order valence-electron chi connectivity index (χ1n) is 12.1. The van der Waals surface area contributed by atoms with Gasteiger partial charge >= 0.3 is 0 Å². The molecule has 0 spiro atoms. The summed E-state index contributed by atoms with van der Waals surface area (Å²) in [6, 6.07) is 28.4. The Hall–Kier alpha value is -3.11. The first-order valence-corrected chi connectivity index (χ1v) is 12.1. The summed E-state index contributed by atoms with van der Waals surface area (Å²) in [5.74, 6) is 1.34. The lowest BCUT2D eigenvalue weighted by atomic mass is 9.86. The first-order chi connectivity index (χ1) is 16.2. The molecule has 3 aromatic carbocycles. The Labute approximate surface area is 196 Å². The van der Waals surface area contributed by atoms with E-state index in [1.807, 2.05) is 17.0 Å². The maximum Gasteiger partial charge on any atom is 0.257 e. The van der Waals surface area contributed by atoms with Crippen molar-refractivity contribution in [3.63, 3.8) is 0 Å². The van der Waals surface area contributed by atoms with Crippen LogP contribution < -0.4 is 0 Å². The molecule has 2 saturated heterocycles. The summed E-state index contributed by atoms with van der Waals surface area (Å²) in [4.78, 5) is 17.8. The second-order valence-electron chi connectivity index (χ2n) is 9.49. The summed E-state index contributed by atoms with van der Waals surface area (Å²) < 4.78 is 0. The van der Waals surface area contributed by atoms with Gasteiger partial charge in [-0.05, 0) is 61.0 Å². The van der Waals surface area contributed by atoms with E-state index in [1.165, 1.54) is 24.0 Å². The number of benzene rings is 3. The van der Waals surface area contributed by atoms with Crippen molar-refractivity contribution in [2.75, 3.05) is 32.7 Å². The molecule has 170 valence electrons. The second kappa shape index (κ2) is 9.80. The molecule has 1 amide bonds. The number of amides is 1. The van der Waals surface area contributed by atoms with E-state index >= 15 is 0 Å². The summed E-state index contributed by atoms with van der Waals surface area (Å²) in [6.45, 7) is 4.63. The fourth-order valence-electron chi connectivity index (χ4n) is 5.63. The summed E-state index contributed by atoms with van der Waals surface area (Å²) in [7, 11) is 0. The number of carbonyl (C=O) groups is 1. The number of nitrogens with zero attached hydrogens (tertiary/aromatic N) is 2. The quantitative estimate of drug-likeness (QED) is 0.598. The average molecular weight is 441 g/mol. The second-order valence-corrected chi connectivity index (χ2v) is 9.49. The largest absolute Gasteiger partial charge is 0.507 e. The van der Waals surface area contributed by atoms with Gasteiger partial charge in [-0.1, -0.05) is 72.8 Å². The summed E-state index contributed by atoms with van der Waals surface area (Å²) in [5.41, 5.74) is 3.16. The van der Waals surface area contributed by atoms with Crippen LogP contribution in [0.25, 0.3) is 0 Å². The predicted octanol–water partition coefficient (Wildman–Crippen LogP) is 5.13. The van der Waals surface area contributed by atoms with Gasteiger partial charge in [0.05, 0.1) is 5.56 Å². The van der Waals surface area contributed by atoms with Crippen molar-refractivity contribution in [2.24, 2.45) is 5.92 Å². The average Bonchev–Trinajstić information content (AvgIpc) is 3.29. The molecule has 2 unspecified atom stereocenters. The van der Waals surface area contributed by atoms with Gasteiger partial charge in [-0.3, -0.25) is 4.79 Å². The number of piperidine rings is 1. The fraction of sp³-hybridized carbons (Fsp3) is 0.345. The van der Waals surface area contributed by atoms with E-state index in [-0.39, 0.29) is 11.7 Å². The van der Waals surface area contributed by atoms with Crippen LogP contribution in [0.4, 0.5) is 0 Å². The van der Waals surface area contributed by atoms with E-state index in [1.54, 1.807) is 18.2 Å². The highest BCUT2D eigenvalue weighted by Crippen LogP contribution is 2.36. The number of rotatable bonds is 5. The lowest BCUT2D eigenvalue weighted by Gasteiger charge is -2.34. The van der Waals surface area contributed by atoms with E-state index in [2.05, 4.69) is 59.5 Å². The fourth-order valence-corrected chi connectivity index (χ4v) is 5.63. The van der Waals surface area contributed by atoms with Gasteiger partial charge in [0.15, 0.2) is 0 Å². The van der Waals surface area contributed by atoms with Gasteiger partial charge in [-0.2, -0.15) is 0 Å². The maximum atomic E-state index is 13.2. The van der Waals surface area contributed by atoms with Crippen molar-refractivity contribution in [1.29, 1.82) is 0 Å². The SMILES string of the molecule is O=C(c1ccccc1O)N1CC(CN2CCC(c3ccccc3)CC2)C(c2ccccc2)C1. The van der Waals surface area contributed by atoms with Crippen LogP contribution in [0.3, 0.4) is 0 Å². The Balaban J connectivity index is 1.29. The number of hydrogen-bond acceptors (Lipinski definition) is 3. The maximum absolute atomic E-state index is 13.2. The van der Waals surface area contributed by atoms with Crippen LogP contribution in [0.1, 0.15) is 46.2 Å². The smallest absolute Gasteiger partial charge is 0.257 e. The number of phenolic OH excluding ortho intramolecular Hbond substituents is 1. The minimum atomic E-state index is -0.0701. The number of carbonyl (C=O) groups excluding carboxylic acids is 1. The van der Waals surface area contributed by atoms with Crippen molar-refractivity contribution >= 4 is 5.91 Å². The summed E-state index contributed by atoms with van der Waals surface area (Å²) in [6.07, 6.45) is 2.38. The molecule has 3 aromatic rings. The van der Waals surface area contributed by atoms with Crippen molar-refractivity contribution in [2.45, 2.75) is 24.7 Å². The van der Waals surface area contributed by atoms with Gasteiger partial charge in [0.1, 0.15) is 5.75 Å². The molecule has 0 saturated carbocycles. The van der Waals surface area contributed by atoms with Crippen LogP contribution >= 0.6 is 0 Å². The monoisotopic (exact) mass is 440 g/mol. The van der Waals surface area contributed by atoms with Crippen molar-refractivity contribution in [1.82, 2.24) is 9.80 Å². The molecule has 2 heterocycles. The van der Waals surface area contributed by atoms with Crippen LogP contribution in [0, 0.1) is 5.92 Å². The van der Waals surface area contributed by atoms with Crippen LogP contribution in [-0.4, -0.2) is 53.5 Å². The van der Waals surface area contributed by atoms with Gasteiger partial charge in [0.2, 0.25) is 0 Å². The van der Waals surface area contributed by atoms with Crippen LogP contribution in [0.5, 0.6) is 5.75 Å².